The van der Waals surface area contributed by atoms with Crippen molar-refractivity contribution in [3.63, 3.8) is 0 Å². The van der Waals surface area contributed by atoms with Crippen molar-refractivity contribution in [2.75, 3.05) is 30.3 Å². The van der Waals surface area contributed by atoms with Crippen LogP contribution >= 0.6 is 0 Å². The summed E-state index contributed by atoms with van der Waals surface area (Å²) >= 11 is 0. The molecule has 1 aromatic carbocycles. The van der Waals surface area contributed by atoms with E-state index in [-0.39, 0.29) is 11.8 Å². The van der Waals surface area contributed by atoms with Crippen molar-refractivity contribution in [1.82, 2.24) is 5.32 Å². The summed E-state index contributed by atoms with van der Waals surface area (Å²) in [5.74, 6) is 0.773. The predicted molar refractivity (Wildman–Crippen MR) is 84.0 cm³/mol. The average Bonchev–Trinajstić information content (AvgIpc) is 2.47. The van der Waals surface area contributed by atoms with Crippen LogP contribution in [0.2, 0.25) is 0 Å². The van der Waals surface area contributed by atoms with Crippen LogP contribution in [0.1, 0.15) is 26.7 Å². The highest BCUT2D eigenvalue weighted by atomic mass is 16.1. The fourth-order valence-corrected chi connectivity index (χ4v) is 2.32. The quantitative estimate of drug-likeness (QED) is 0.774. The molecule has 0 radical (unpaired) electrons. The molecule has 1 aliphatic heterocycles. The van der Waals surface area contributed by atoms with Crippen LogP contribution in [0.15, 0.2) is 24.3 Å². The van der Waals surface area contributed by atoms with Gasteiger partial charge in [0.15, 0.2) is 0 Å². The van der Waals surface area contributed by atoms with E-state index < -0.39 is 0 Å². The van der Waals surface area contributed by atoms with E-state index in [2.05, 4.69) is 16.0 Å². The number of rotatable bonds is 5. The van der Waals surface area contributed by atoms with Crippen LogP contribution in [0.25, 0.3) is 0 Å². The maximum absolute atomic E-state index is 11.6. The summed E-state index contributed by atoms with van der Waals surface area (Å²) in [4.78, 5) is 11.6. The summed E-state index contributed by atoms with van der Waals surface area (Å²) in [7, 11) is 0. The van der Waals surface area contributed by atoms with Gasteiger partial charge in [-0.05, 0) is 56.1 Å². The number of amides is 1. The zero-order chi connectivity index (χ0) is 14.4. The number of anilines is 2. The van der Waals surface area contributed by atoms with Gasteiger partial charge in [0.1, 0.15) is 0 Å². The standard InChI is InChI=1S/C16H25N3O/c1-12(2)16(20)19-15-7-5-14(6-8-15)18-11-13-4-3-9-17-10-13/h5-8,12-13,17-18H,3-4,9-11H2,1-2H3,(H,19,20). The van der Waals surface area contributed by atoms with Crippen molar-refractivity contribution < 1.29 is 4.79 Å². The fraction of sp³-hybridized carbons (Fsp3) is 0.562. The largest absolute Gasteiger partial charge is 0.385 e. The van der Waals surface area contributed by atoms with Crippen LogP contribution in [0, 0.1) is 11.8 Å². The SMILES string of the molecule is CC(C)C(=O)Nc1ccc(NCC2CCCNC2)cc1. The maximum atomic E-state index is 11.6. The highest BCUT2D eigenvalue weighted by Crippen LogP contribution is 2.16. The van der Waals surface area contributed by atoms with Crippen molar-refractivity contribution in [2.24, 2.45) is 11.8 Å². The third-order valence-corrected chi connectivity index (χ3v) is 3.67. The van der Waals surface area contributed by atoms with Gasteiger partial charge in [0.25, 0.3) is 0 Å². The van der Waals surface area contributed by atoms with Gasteiger partial charge in [-0.1, -0.05) is 13.8 Å². The molecule has 1 aliphatic rings. The lowest BCUT2D eigenvalue weighted by molar-refractivity contribution is -0.118. The number of carbonyl (C=O) groups excluding carboxylic acids is 1. The van der Waals surface area contributed by atoms with E-state index in [0.29, 0.717) is 5.92 Å². The third kappa shape index (κ3) is 4.53. The number of benzene rings is 1. The average molecular weight is 275 g/mol. The molecule has 1 aromatic rings. The third-order valence-electron chi connectivity index (χ3n) is 3.67. The smallest absolute Gasteiger partial charge is 0.226 e. The van der Waals surface area contributed by atoms with Crippen molar-refractivity contribution in [1.29, 1.82) is 0 Å². The fourth-order valence-electron chi connectivity index (χ4n) is 2.32. The van der Waals surface area contributed by atoms with Crippen molar-refractivity contribution >= 4 is 17.3 Å². The summed E-state index contributed by atoms with van der Waals surface area (Å²) in [6.45, 7) is 7.05. The minimum absolute atomic E-state index is 0.00611. The molecule has 3 N–H and O–H groups in total. The minimum atomic E-state index is 0.00611. The Kier molecular flexibility index (Phi) is 5.41. The Morgan fingerprint density at radius 1 is 1.30 bits per heavy atom. The van der Waals surface area contributed by atoms with Gasteiger partial charge in [-0.2, -0.15) is 0 Å². The highest BCUT2D eigenvalue weighted by Gasteiger charge is 2.12. The van der Waals surface area contributed by atoms with Gasteiger partial charge in [0.2, 0.25) is 5.91 Å². The first-order valence-corrected chi connectivity index (χ1v) is 7.50. The van der Waals surface area contributed by atoms with E-state index in [0.717, 1.165) is 31.0 Å². The second-order valence-electron chi connectivity index (χ2n) is 5.81. The monoisotopic (exact) mass is 275 g/mol. The normalized spacial score (nSPS) is 18.9. The summed E-state index contributed by atoms with van der Waals surface area (Å²) in [5, 5.41) is 9.79. The number of hydrogen-bond acceptors (Lipinski definition) is 3. The van der Waals surface area contributed by atoms with E-state index in [1.165, 1.54) is 12.8 Å². The van der Waals surface area contributed by atoms with Crippen LogP contribution in [0.5, 0.6) is 0 Å². The van der Waals surface area contributed by atoms with Crippen LogP contribution in [-0.2, 0) is 4.79 Å². The molecular formula is C16H25N3O. The number of nitrogens with one attached hydrogen (secondary N) is 3. The van der Waals surface area contributed by atoms with Gasteiger partial charge >= 0.3 is 0 Å². The number of piperidine rings is 1. The van der Waals surface area contributed by atoms with Crippen molar-refractivity contribution in [3.05, 3.63) is 24.3 Å². The first kappa shape index (κ1) is 14.9. The second kappa shape index (κ2) is 7.29. The van der Waals surface area contributed by atoms with E-state index >= 15 is 0 Å². The molecule has 0 saturated carbocycles. The van der Waals surface area contributed by atoms with Gasteiger partial charge in [-0.15, -0.1) is 0 Å². The molecule has 1 heterocycles. The molecule has 1 fully saturated rings. The number of carbonyl (C=O) groups is 1. The Morgan fingerprint density at radius 3 is 2.60 bits per heavy atom. The summed E-state index contributed by atoms with van der Waals surface area (Å²) in [6, 6.07) is 7.93. The Balaban J connectivity index is 1.80. The van der Waals surface area contributed by atoms with Crippen LogP contribution in [-0.4, -0.2) is 25.5 Å². The van der Waals surface area contributed by atoms with Crippen LogP contribution in [0.3, 0.4) is 0 Å². The first-order chi connectivity index (χ1) is 9.65. The maximum Gasteiger partial charge on any atom is 0.226 e. The van der Waals surface area contributed by atoms with Gasteiger partial charge in [0, 0.05) is 23.8 Å². The highest BCUT2D eigenvalue weighted by molar-refractivity contribution is 5.92. The van der Waals surface area contributed by atoms with E-state index in [9.17, 15) is 4.79 Å². The molecule has 4 nitrogen and oxygen atoms in total. The first-order valence-electron chi connectivity index (χ1n) is 7.50. The molecule has 20 heavy (non-hydrogen) atoms. The molecule has 4 heteroatoms. The molecule has 0 aromatic heterocycles. The molecular weight excluding hydrogens is 250 g/mol. The number of hydrogen-bond donors (Lipinski definition) is 3. The van der Waals surface area contributed by atoms with Crippen LogP contribution in [0.4, 0.5) is 11.4 Å². The zero-order valence-electron chi connectivity index (χ0n) is 12.4. The van der Waals surface area contributed by atoms with Gasteiger partial charge in [-0.3, -0.25) is 4.79 Å². The Labute approximate surface area is 121 Å². The molecule has 110 valence electrons. The van der Waals surface area contributed by atoms with E-state index in [1.807, 2.05) is 38.1 Å². The Hall–Kier alpha value is -1.55. The zero-order valence-corrected chi connectivity index (χ0v) is 12.4. The predicted octanol–water partition coefficient (Wildman–Crippen LogP) is 2.69. The molecule has 0 aliphatic carbocycles. The van der Waals surface area contributed by atoms with Crippen molar-refractivity contribution in [3.8, 4) is 0 Å². The van der Waals surface area contributed by atoms with E-state index in [1.54, 1.807) is 0 Å². The molecule has 1 atom stereocenters. The lowest BCUT2D eigenvalue weighted by Crippen LogP contribution is -2.33. The molecule has 0 bridgehead atoms. The Bertz CT molecular complexity index is 422. The molecule has 0 spiro atoms. The summed E-state index contributed by atoms with van der Waals surface area (Å²) in [6.07, 6.45) is 2.56. The lowest BCUT2D eigenvalue weighted by atomic mass is 10.00. The molecule has 2 rings (SSSR count). The molecule has 1 saturated heterocycles. The summed E-state index contributed by atoms with van der Waals surface area (Å²) < 4.78 is 0. The molecule has 1 amide bonds. The lowest BCUT2D eigenvalue weighted by Gasteiger charge is -2.23. The summed E-state index contributed by atoms with van der Waals surface area (Å²) in [5.41, 5.74) is 1.96. The van der Waals surface area contributed by atoms with Crippen LogP contribution < -0.4 is 16.0 Å². The van der Waals surface area contributed by atoms with Gasteiger partial charge < -0.3 is 16.0 Å². The minimum Gasteiger partial charge on any atom is -0.385 e. The Morgan fingerprint density at radius 2 is 2.00 bits per heavy atom. The van der Waals surface area contributed by atoms with Gasteiger partial charge in [-0.25, -0.2) is 0 Å². The second-order valence-corrected chi connectivity index (χ2v) is 5.81. The molecule has 1 unspecified atom stereocenters. The topological polar surface area (TPSA) is 53.2 Å². The van der Waals surface area contributed by atoms with Crippen molar-refractivity contribution in [2.45, 2.75) is 26.7 Å². The van der Waals surface area contributed by atoms with E-state index in [4.69, 9.17) is 0 Å². The van der Waals surface area contributed by atoms with Gasteiger partial charge in [0.05, 0.1) is 0 Å².